The number of aliphatic carboxylic acids is 1. The maximum Gasteiger partial charge on any atom is 0.316 e. The van der Waals surface area contributed by atoms with Gasteiger partial charge in [-0.3, -0.25) is 9.59 Å². The molecule has 1 aromatic heterocycles. The normalized spacial score (nSPS) is 19.9. The van der Waals surface area contributed by atoms with E-state index in [0.29, 0.717) is 12.8 Å². The van der Waals surface area contributed by atoms with Crippen molar-refractivity contribution in [3.63, 3.8) is 0 Å². The van der Waals surface area contributed by atoms with Gasteiger partial charge < -0.3 is 10.4 Å². The van der Waals surface area contributed by atoms with E-state index in [4.69, 9.17) is 5.11 Å². The van der Waals surface area contributed by atoms with Crippen molar-refractivity contribution in [3.05, 3.63) is 11.4 Å². The van der Waals surface area contributed by atoms with Gasteiger partial charge in [-0.05, 0) is 19.3 Å². The molecule has 1 aromatic rings. The lowest BCUT2D eigenvalue weighted by Crippen LogP contribution is -2.43. The molecule has 0 radical (unpaired) electrons. The van der Waals surface area contributed by atoms with E-state index < -0.39 is 17.8 Å². The first-order chi connectivity index (χ1) is 8.61. The van der Waals surface area contributed by atoms with Crippen molar-refractivity contribution in [1.82, 2.24) is 20.7 Å². The third-order valence-corrected chi connectivity index (χ3v) is 3.24. The van der Waals surface area contributed by atoms with Crippen LogP contribution in [0.5, 0.6) is 0 Å². The number of carboxylic acid groups (broad SMARTS) is 1. The fraction of sp³-hybridized carbons (Fsp3) is 0.636. The van der Waals surface area contributed by atoms with Gasteiger partial charge in [0.15, 0.2) is 0 Å². The van der Waals surface area contributed by atoms with Gasteiger partial charge in [-0.2, -0.15) is 15.4 Å². The Labute approximate surface area is 104 Å². The van der Waals surface area contributed by atoms with Crippen LogP contribution in [0.1, 0.15) is 31.2 Å². The summed E-state index contributed by atoms with van der Waals surface area (Å²) in [6.45, 7) is 1.69. The highest BCUT2D eigenvalue weighted by Gasteiger charge is 2.28. The van der Waals surface area contributed by atoms with Crippen LogP contribution in [0.2, 0.25) is 0 Å². The average Bonchev–Trinajstić information content (AvgIpc) is 2.76. The summed E-state index contributed by atoms with van der Waals surface area (Å²) in [5.74, 6) is -2.46. The molecule has 2 atom stereocenters. The maximum atomic E-state index is 11.8. The molecule has 98 valence electrons. The van der Waals surface area contributed by atoms with Crippen molar-refractivity contribution in [3.8, 4) is 0 Å². The Balaban J connectivity index is 1.95. The number of nitrogens with one attached hydrogen (secondary N) is 2. The molecule has 0 spiro atoms. The molecule has 1 aliphatic rings. The molecule has 7 nitrogen and oxygen atoms in total. The minimum atomic E-state index is -1.08. The molecule has 7 heteroatoms. The Morgan fingerprint density at radius 1 is 1.50 bits per heavy atom. The van der Waals surface area contributed by atoms with Crippen molar-refractivity contribution in [1.29, 1.82) is 0 Å². The first kappa shape index (κ1) is 12.5. The van der Waals surface area contributed by atoms with Crippen LogP contribution >= 0.6 is 0 Å². The van der Waals surface area contributed by atoms with Crippen molar-refractivity contribution in [2.24, 2.45) is 5.92 Å². The summed E-state index contributed by atoms with van der Waals surface area (Å²) >= 11 is 0. The first-order valence-corrected chi connectivity index (χ1v) is 6.03. The molecule has 0 saturated carbocycles. The molecule has 0 aliphatic heterocycles. The topological polar surface area (TPSA) is 108 Å². The Hall–Kier alpha value is -1.92. The highest BCUT2D eigenvalue weighted by atomic mass is 16.4. The number of aromatic amines is 1. The number of carbonyl (C=O) groups excluding carboxylic acids is 1. The summed E-state index contributed by atoms with van der Waals surface area (Å²) in [7, 11) is 0. The lowest BCUT2D eigenvalue weighted by Gasteiger charge is -2.23. The summed E-state index contributed by atoms with van der Waals surface area (Å²) < 4.78 is 0. The Kier molecular flexibility index (Phi) is 3.59. The van der Waals surface area contributed by atoms with E-state index in [0.717, 1.165) is 24.2 Å². The molecule has 0 saturated heterocycles. The van der Waals surface area contributed by atoms with E-state index >= 15 is 0 Å². The van der Waals surface area contributed by atoms with Crippen molar-refractivity contribution < 1.29 is 14.7 Å². The third kappa shape index (κ3) is 2.49. The number of hydrogen-bond acceptors (Lipinski definition) is 4. The van der Waals surface area contributed by atoms with Gasteiger partial charge in [-0.25, -0.2) is 0 Å². The van der Waals surface area contributed by atoms with Gasteiger partial charge in [-0.15, -0.1) is 0 Å². The van der Waals surface area contributed by atoms with Gasteiger partial charge in [0.25, 0.3) is 0 Å². The van der Waals surface area contributed by atoms with Crippen molar-refractivity contribution in [2.75, 3.05) is 0 Å². The van der Waals surface area contributed by atoms with Crippen LogP contribution in [0.25, 0.3) is 0 Å². The molecule has 1 heterocycles. The molecule has 0 fully saturated rings. The number of rotatable bonds is 4. The van der Waals surface area contributed by atoms with Gasteiger partial charge in [0.1, 0.15) is 5.92 Å². The Morgan fingerprint density at radius 2 is 2.22 bits per heavy atom. The van der Waals surface area contributed by atoms with E-state index in [1.54, 1.807) is 6.92 Å². The molecule has 18 heavy (non-hydrogen) atoms. The molecule has 1 aliphatic carbocycles. The van der Waals surface area contributed by atoms with E-state index in [1.807, 2.05) is 0 Å². The zero-order valence-electron chi connectivity index (χ0n) is 10.1. The molecule has 1 amide bonds. The highest BCUT2D eigenvalue weighted by Crippen LogP contribution is 2.17. The van der Waals surface area contributed by atoms with Crippen LogP contribution in [0, 0.1) is 5.92 Å². The largest absolute Gasteiger partial charge is 0.481 e. The molecule has 2 unspecified atom stereocenters. The van der Waals surface area contributed by atoms with Crippen LogP contribution in [-0.4, -0.2) is 38.4 Å². The maximum absolute atomic E-state index is 11.8. The van der Waals surface area contributed by atoms with Crippen LogP contribution in [0.15, 0.2) is 0 Å². The van der Waals surface area contributed by atoms with Gasteiger partial charge in [0, 0.05) is 12.5 Å². The lowest BCUT2D eigenvalue weighted by atomic mass is 9.95. The summed E-state index contributed by atoms with van der Waals surface area (Å²) in [4.78, 5) is 22.7. The molecule has 3 N–H and O–H groups in total. The minimum absolute atomic E-state index is 0.0523. The molecular formula is C11H16N4O3. The monoisotopic (exact) mass is 252 g/mol. The standard InChI is InChI=1S/C11H16N4O3/c1-2-7(11(17)18)10(16)12-6-3-4-8-9(5-6)14-15-13-8/h6-7H,2-5H2,1H3,(H,12,16)(H,17,18)(H,13,14,15). The SMILES string of the molecule is CCC(C(=O)O)C(=O)NC1CCc2n[nH]nc2C1. The number of aryl methyl sites for hydroxylation is 1. The summed E-state index contributed by atoms with van der Waals surface area (Å²) in [5.41, 5.74) is 1.79. The molecular weight excluding hydrogens is 236 g/mol. The number of nitrogens with zero attached hydrogens (tertiary/aromatic N) is 2. The van der Waals surface area contributed by atoms with Crippen molar-refractivity contribution >= 4 is 11.9 Å². The molecule has 0 aromatic carbocycles. The van der Waals surface area contributed by atoms with E-state index in [9.17, 15) is 9.59 Å². The number of carbonyl (C=O) groups is 2. The Bertz CT molecular complexity index is 457. The van der Waals surface area contributed by atoms with Crippen LogP contribution in [0.4, 0.5) is 0 Å². The summed E-state index contributed by atoms with van der Waals surface area (Å²) in [6.07, 6.45) is 2.42. The minimum Gasteiger partial charge on any atom is -0.481 e. The van der Waals surface area contributed by atoms with Gasteiger partial charge in [0.05, 0.1) is 11.4 Å². The zero-order chi connectivity index (χ0) is 13.1. The van der Waals surface area contributed by atoms with Gasteiger partial charge in [0.2, 0.25) is 5.91 Å². The van der Waals surface area contributed by atoms with E-state index in [1.165, 1.54) is 0 Å². The van der Waals surface area contributed by atoms with Crippen LogP contribution in [0.3, 0.4) is 0 Å². The average molecular weight is 252 g/mol. The smallest absolute Gasteiger partial charge is 0.316 e. The number of amides is 1. The number of hydrogen-bond donors (Lipinski definition) is 3. The highest BCUT2D eigenvalue weighted by molar-refractivity contribution is 5.96. The fourth-order valence-electron chi connectivity index (χ4n) is 2.18. The number of aromatic nitrogens is 3. The van der Waals surface area contributed by atoms with Crippen LogP contribution < -0.4 is 5.32 Å². The van der Waals surface area contributed by atoms with Gasteiger partial charge >= 0.3 is 5.97 Å². The second-order valence-electron chi connectivity index (χ2n) is 4.46. The summed E-state index contributed by atoms with van der Waals surface area (Å²) in [6, 6.07) is -0.0523. The van der Waals surface area contributed by atoms with E-state index in [2.05, 4.69) is 20.7 Å². The predicted molar refractivity (Wildman–Crippen MR) is 61.8 cm³/mol. The predicted octanol–water partition coefficient (Wildman–Crippen LogP) is -0.111. The fourth-order valence-corrected chi connectivity index (χ4v) is 2.18. The lowest BCUT2D eigenvalue weighted by molar-refractivity contribution is -0.147. The quantitative estimate of drug-likeness (QED) is 0.648. The zero-order valence-corrected chi connectivity index (χ0v) is 10.1. The number of H-pyrrole nitrogens is 1. The third-order valence-electron chi connectivity index (χ3n) is 3.24. The van der Waals surface area contributed by atoms with Crippen LogP contribution in [-0.2, 0) is 22.4 Å². The molecule has 2 rings (SSSR count). The van der Waals surface area contributed by atoms with Crippen molar-refractivity contribution in [2.45, 2.75) is 38.6 Å². The number of carboxylic acids is 1. The second kappa shape index (κ2) is 5.16. The summed E-state index contributed by atoms with van der Waals surface area (Å²) in [5, 5.41) is 22.3. The van der Waals surface area contributed by atoms with Gasteiger partial charge in [-0.1, -0.05) is 6.92 Å². The second-order valence-corrected chi connectivity index (χ2v) is 4.46. The first-order valence-electron chi connectivity index (χ1n) is 6.03. The number of fused-ring (bicyclic) bond motifs is 1. The van der Waals surface area contributed by atoms with E-state index in [-0.39, 0.29) is 6.04 Å². The molecule has 0 bridgehead atoms. The Morgan fingerprint density at radius 3 is 2.89 bits per heavy atom.